The highest BCUT2D eigenvalue weighted by molar-refractivity contribution is 5.84. The number of rotatable bonds is 2. The van der Waals surface area contributed by atoms with Crippen molar-refractivity contribution in [1.29, 1.82) is 0 Å². The van der Waals surface area contributed by atoms with Crippen LogP contribution in [0.4, 0.5) is 0 Å². The molecule has 1 saturated carbocycles. The van der Waals surface area contributed by atoms with Crippen LogP contribution in [-0.4, -0.2) is 24.4 Å². The van der Waals surface area contributed by atoms with E-state index in [-0.39, 0.29) is 11.6 Å². The number of aromatic nitrogens is 5. The number of nitrogens with zero attached hydrogens (tertiary/aromatic N) is 5. The van der Waals surface area contributed by atoms with Crippen LogP contribution >= 0.6 is 0 Å². The molecule has 6 heteroatoms. The van der Waals surface area contributed by atoms with Gasteiger partial charge in [0.1, 0.15) is 5.52 Å². The molecule has 1 aliphatic rings. The minimum Gasteiger partial charge on any atom is -0.310 e. The Morgan fingerprint density at radius 1 is 1.04 bits per heavy atom. The van der Waals surface area contributed by atoms with Gasteiger partial charge in [-0.2, -0.15) is 5.10 Å². The first kappa shape index (κ1) is 15.3. The zero-order chi connectivity index (χ0) is 17.7. The standard InChI is InChI=1S/C20H19N5O/c1-13-17(14-7-3-2-4-8-14)19-22-21-18-16(25(19)23-13)11-12-24(20(18)26)15-9-5-6-10-15/h2-4,7-8,11-12,15H,5-6,9-10H2,1H3. The van der Waals surface area contributed by atoms with Crippen molar-refractivity contribution in [1.82, 2.24) is 24.4 Å². The molecule has 3 heterocycles. The summed E-state index contributed by atoms with van der Waals surface area (Å²) >= 11 is 0. The minimum atomic E-state index is -0.0711. The van der Waals surface area contributed by atoms with E-state index in [2.05, 4.69) is 15.3 Å². The van der Waals surface area contributed by atoms with Crippen LogP contribution in [0.2, 0.25) is 0 Å². The molecule has 6 nitrogen and oxygen atoms in total. The molecule has 0 radical (unpaired) electrons. The lowest BCUT2D eigenvalue weighted by atomic mass is 10.1. The van der Waals surface area contributed by atoms with Gasteiger partial charge in [0.25, 0.3) is 5.56 Å². The third-order valence-electron chi connectivity index (χ3n) is 5.36. The first-order chi connectivity index (χ1) is 12.7. The molecule has 1 aromatic carbocycles. The molecule has 130 valence electrons. The quantitative estimate of drug-likeness (QED) is 0.557. The van der Waals surface area contributed by atoms with Gasteiger partial charge in [-0.25, -0.2) is 4.52 Å². The molecule has 3 aromatic heterocycles. The fraction of sp³-hybridized carbons (Fsp3) is 0.300. The largest absolute Gasteiger partial charge is 0.310 e. The van der Waals surface area contributed by atoms with Crippen molar-refractivity contribution in [3.63, 3.8) is 0 Å². The van der Waals surface area contributed by atoms with Crippen molar-refractivity contribution in [3.05, 3.63) is 58.6 Å². The molecule has 4 aromatic rings. The van der Waals surface area contributed by atoms with E-state index in [0.717, 1.165) is 29.7 Å². The monoisotopic (exact) mass is 345 g/mol. The van der Waals surface area contributed by atoms with Crippen LogP contribution in [0.25, 0.3) is 27.8 Å². The van der Waals surface area contributed by atoms with Crippen LogP contribution in [0.1, 0.15) is 37.4 Å². The zero-order valence-electron chi connectivity index (χ0n) is 14.6. The van der Waals surface area contributed by atoms with Gasteiger partial charge in [0.15, 0.2) is 11.2 Å². The average Bonchev–Trinajstić information content (AvgIpc) is 3.30. The topological polar surface area (TPSA) is 65.1 Å². The van der Waals surface area contributed by atoms with Crippen molar-refractivity contribution in [2.45, 2.75) is 38.6 Å². The van der Waals surface area contributed by atoms with Crippen LogP contribution in [0.3, 0.4) is 0 Å². The van der Waals surface area contributed by atoms with E-state index in [1.54, 1.807) is 4.52 Å². The van der Waals surface area contributed by atoms with Crippen molar-refractivity contribution >= 4 is 16.7 Å². The van der Waals surface area contributed by atoms with Gasteiger partial charge in [-0.05, 0) is 31.4 Å². The Morgan fingerprint density at radius 2 is 1.81 bits per heavy atom. The number of fused-ring (bicyclic) bond motifs is 3. The minimum absolute atomic E-state index is 0.0711. The van der Waals surface area contributed by atoms with Gasteiger partial charge in [-0.15, -0.1) is 10.2 Å². The van der Waals surface area contributed by atoms with E-state index in [1.165, 1.54) is 12.8 Å². The predicted octanol–water partition coefficient (Wildman–Crippen LogP) is 3.53. The number of pyridine rings is 1. The lowest BCUT2D eigenvalue weighted by Gasteiger charge is -2.13. The fourth-order valence-electron chi connectivity index (χ4n) is 4.08. The molecule has 0 saturated heterocycles. The maximum atomic E-state index is 12.9. The Morgan fingerprint density at radius 3 is 2.58 bits per heavy atom. The van der Waals surface area contributed by atoms with Crippen LogP contribution < -0.4 is 5.56 Å². The molecule has 0 amide bonds. The Labute approximate surface area is 150 Å². The first-order valence-corrected chi connectivity index (χ1v) is 9.06. The van der Waals surface area contributed by atoms with Gasteiger partial charge in [-0.3, -0.25) is 4.79 Å². The molecule has 0 atom stereocenters. The van der Waals surface area contributed by atoms with Gasteiger partial charge in [0.2, 0.25) is 0 Å². The molecular weight excluding hydrogens is 326 g/mol. The molecule has 0 aliphatic heterocycles. The van der Waals surface area contributed by atoms with Gasteiger partial charge in [0.05, 0.1) is 11.3 Å². The summed E-state index contributed by atoms with van der Waals surface area (Å²) in [5.74, 6) is 0. The lowest BCUT2D eigenvalue weighted by Crippen LogP contribution is -2.24. The Balaban J connectivity index is 1.77. The number of benzene rings is 1. The predicted molar refractivity (Wildman–Crippen MR) is 100 cm³/mol. The molecule has 1 aliphatic carbocycles. The van der Waals surface area contributed by atoms with Crippen LogP contribution in [-0.2, 0) is 0 Å². The summed E-state index contributed by atoms with van der Waals surface area (Å²) in [6.07, 6.45) is 6.36. The Hall–Kier alpha value is -3.02. The summed E-state index contributed by atoms with van der Waals surface area (Å²) in [7, 11) is 0. The van der Waals surface area contributed by atoms with E-state index in [9.17, 15) is 4.79 Å². The third-order valence-corrected chi connectivity index (χ3v) is 5.36. The highest BCUT2D eigenvalue weighted by atomic mass is 16.1. The maximum Gasteiger partial charge on any atom is 0.280 e. The number of hydrogen-bond donors (Lipinski definition) is 0. The summed E-state index contributed by atoms with van der Waals surface area (Å²) < 4.78 is 3.57. The third kappa shape index (κ3) is 2.18. The normalized spacial score (nSPS) is 15.3. The molecule has 0 bridgehead atoms. The fourth-order valence-corrected chi connectivity index (χ4v) is 4.08. The van der Waals surface area contributed by atoms with Crippen molar-refractivity contribution < 1.29 is 0 Å². The second kappa shape index (κ2) is 5.76. The molecule has 26 heavy (non-hydrogen) atoms. The smallest absolute Gasteiger partial charge is 0.280 e. The highest BCUT2D eigenvalue weighted by Gasteiger charge is 2.21. The molecule has 0 N–H and O–H groups in total. The molecule has 0 spiro atoms. The van der Waals surface area contributed by atoms with E-state index < -0.39 is 0 Å². The second-order valence-electron chi connectivity index (χ2n) is 6.96. The Bertz CT molecular complexity index is 1170. The number of aryl methyl sites for hydroxylation is 1. The van der Waals surface area contributed by atoms with Crippen molar-refractivity contribution in [2.24, 2.45) is 0 Å². The summed E-state index contributed by atoms with van der Waals surface area (Å²) in [5, 5.41) is 13.3. The summed E-state index contributed by atoms with van der Waals surface area (Å²) in [4.78, 5) is 12.9. The van der Waals surface area contributed by atoms with Crippen molar-refractivity contribution in [2.75, 3.05) is 0 Å². The van der Waals surface area contributed by atoms with E-state index in [4.69, 9.17) is 0 Å². The van der Waals surface area contributed by atoms with Gasteiger partial charge in [0, 0.05) is 12.2 Å². The zero-order valence-corrected chi connectivity index (χ0v) is 14.6. The van der Waals surface area contributed by atoms with E-state index in [0.29, 0.717) is 16.7 Å². The van der Waals surface area contributed by atoms with E-state index in [1.807, 2.05) is 54.1 Å². The molecule has 1 fully saturated rings. The van der Waals surface area contributed by atoms with Gasteiger partial charge in [-0.1, -0.05) is 43.2 Å². The number of hydrogen-bond acceptors (Lipinski definition) is 4. The van der Waals surface area contributed by atoms with Crippen LogP contribution in [0.5, 0.6) is 0 Å². The van der Waals surface area contributed by atoms with Crippen LogP contribution in [0, 0.1) is 6.92 Å². The Kier molecular flexibility index (Phi) is 3.38. The summed E-state index contributed by atoms with van der Waals surface area (Å²) in [6, 6.07) is 12.3. The highest BCUT2D eigenvalue weighted by Crippen LogP contribution is 2.30. The van der Waals surface area contributed by atoms with Gasteiger partial charge < -0.3 is 4.57 Å². The second-order valence-corrected chi connectivity index (χ2v) is 6.96. The molecule has 5 rings (SSSR count). The van der Waals surface area contributed by atoms with Gasteiger partial charge >= 0.3 is 0 Å². The maximum absolute atomic E-state index is 12.9. The average molecular weight is 345 g/mol. The van der Waals surface area contributed by atoms with Crippen molar-refractivity contribution in [3.8, 4) is 11.1 Å². The summed E-state index contributed by atoms with van der Waals surface area (Å²) in [5.41, 5.74) is 4.58. The first-order valence-electron chi connectivity index (χ1n) is 9.06. The molecular formula is C20H19N5O. The van der Waals surface area contributed by atoms with E-state index >= 15 is 0 Å². The van der Waals surface area contributed by atoms with Crippen LogP contribution in [0.15, 0.2) is 47.4 Å². The lowest BCUT2D eigenvalue weighted by molar-refractivity contribution is 0.504. The summed E-state index contributed by atoms with van der Waals surface area (Å²) in [6.45, 7) is 1.96. The molecule has 0 unspecified atom stereocenters. The SMILES string of the molecule is Cc1nn2c(nnc3c(=O)n(C4CCCC4)ccc32)c1-c1ccccc1.